The summed E-state index contributed by atoms with van der Waals surface area (Å²) in [6.07, 6.45) is 0. The van der Waals surface area contributed by atoms with Crippen molar-refractivity contribution in [2.24, 2.45) is 10.9 Å². The summed E-state index contributed by atoms with van der Waals surface area (Å²) in [5.74, 6) is 3.35. The number of guanidine groups is 1. The van der Waals surface area contributed by atoms with E-state index < -0.39 is 0 Å². The second kappa shape index (κ2) is 13.5. The van der Waals surface area contributed by atoms with Crippen molar-refractivity contribution in [2.45, 2.75) is 40.3 Å². The Kier molecular flexibility index (Phi) is 10.7. The minimum atomic E-state index is -0.0429. The third-order valence-corrected chi connectivity index (χ3v) is 4.66. The number of hydrogen-bond acceptors (Lipinski definition) is 5. The molecule has 0 amide bonds. The Hall–Kier alpha value is -2.93. The Balaban J connectivity index is 2.03. The van der Waals surface area contributed by atoms with Crippen LogP contribution in [0.4, 0.5) is 0 Å². The van der Waals surface area contributed by atoms with Gasteiger partial charge in [0.2, 0.25) is 0 Å². The second-order valence-electron chi connectivity index (χ2n) is 7.89. The minimum Gasteiger partial charge on any atom is -0.493 e. The van der Waals surface area contributed by atoms with Gasteiger partial charge in [0.1, 0.15) is 12.4 Å². The van der Waals surface area contributed by atoms with Crippen LogP contribution in [-0.4, -0.2) is 44.5 Å². The molecule has 2 aromatic rings. The molecule has 0 saturated carbocycles. The van der Waals surface area contributed by atoms with Gasteiger partial charge in [0, 0.05) is 6.54 Å². The molecule has 1 unspecified atom stereocenters. The number of nitrogens with zero attached hydrogens (tertiary/aromatic N) is 1. The fourth-order valence-electron chi connectivity index (χ4n) is 2.98. The number of benzene rings is 2. The maximum atomic E-state index is 8.95. The van der Waals surface area contributed by atoms with Gasteiger partial charge >= 0.3 is 0 Å². The Bertz CT molecular complexity index is 838. The van der Waals surface area contributed by atoms with Crippen LogP contribution in [-0.2, 0) is 6.54 Å². The standard InChI is InChI=1S/C25H37N3O4/c1-6-26-25(27-16-20-7-12-23(31-14-13-29)24(15-20)30-5)28-19(4)21-8-10-22(11-9-21)32-17-18(2)3/h7-12,15,18-19,29H,6,13-14,16-17H2,1-5H3,(H2,26,27,28). The summed E-state index contributed by atoms with van der Waals surface area (Å²) in [5, 5.41) is 15.7. The smallest absolute Gasteiger partial charge is 0.192 e. The molecule has 7 nitrogen and oxygen atoms in total. The molecular formula is C25H37N3O4. The lowest BCUT2D eigenvalue weighted by Crippen LogP contribution is -2.38. The average molecular weight is 444 g/mol. The first-order valence-electron chi connectivity index (χ1n) is 11.1. The number of hydrogen-bond donors (Lipinski definition) is 3. The van der Waals surface area contributed by atoms with Crippen molar-refractivity contribution in [1.29, 1.82) is 0 Å². The summed E-state index contributed by atoms with van der Waals surface area (Å²) in [7, 11) is 1.60. The van der Waals surface area contributed by atoms with Gasteiger partial charge in [-0.3, -0.25) is 0 Å². The third kappa shape index (κ3) is 8.30. The molecule has 0 fully saturated rings. The van der Waals surface area contributed by atoms with E-state index in [1.165, 1.54) is 0 Å². The zero-order valence-corrected chi connectivity index (χ0v) is 19.9. The summed E-state index contributed by atoms with van der Waals surface area (Å²) >= 11 is 0. The third-order valence-electron chi connectivity index (χ3n) is 4.66. The van der Waals surface area contributed by atoms with Crippen LogP contribution in [0, 0.1) is 5.92 Å². The number of aliphatic imine (C=N–C) groups is 1. The summed E-state index contributed by atoms with van der Waals surface area (Å²) in [6.45, 7) is 10.6. The van der Waals surface area contributed by atoms with Gasteiger partial charge in [-0.25, -0.2) is 4.99 Å². The van der Waals surface area contributed by atoms with Gasteiger partial charge in [-0.15, -0.1) is 0 Å². The molecule has 0 heterocycles. The summed E-state index contributed by atoms with van der Waals surface area (Å²) in [4.78, 5) is 4.72. The minimum absolute atomic E-state index is 0.0429. The monoisotopic (exact) mass is 443 g/mol. The molecule has 0 aromatic heterocycles. The first-order valence-corrected chi connectivity index (χ1v) is 11.1. The lowest BCUT2D eigenvalue weighted by molar-refractivity contribution is 0.196. The number of aliphatic hydroxyl groups excluding tert-OH is 1. The van der Waals surface area contributed by atoms with E-state index in [4.69, 9.17) is 24.3 Å². The molecule has 3 N–H and O–H groups in total. The molecule has 0 radical (unpaired) electrons. The molecule has 0 aliphatic rings. The predicted molar refractivity (Wildman–Crippen MR) is 129 cm³/mol. The first kappa shape index (κ1) is 25.3. The fraction of sp³-hybridized carbons (Fsp3) is 0.480. The largest absolute Gasteiger partial charge is 0.493 e. The van der Waals surface area contributed by atoms with Crippen molar-refractivity contribution in [2.75, 3.05) is 33.5 Å². The number of nitrogens with one attached hydrogen (secondary N) is 2. The molecular weight excluding hydrogens is 406 g/mol. The molecule has 7 heteroatoms. The zero-order valence-electron chi connectivity index (χ0n) is 19.9. The number of methoxy groups -OCH3 is 1. The van der Waals surface area contributed by atoms with E-state index in [1.807, 2.05) is 37.3 Å². The van der Waals surface area contributed by atoms with Crippen molar-refractivity contribution in [1.82, 2.24) is 10.6 Å². The molecule has 0 aliphatic heterocycles. The summed E-state index contributed by atoms with van der Waals surface area (Å²) in [6, 6.07) is 13.9. The van der Waals surface area contributed by atoms with Gasteiger partial charge < -0.3 is 30.0 Å². The van der Waals surface area contributed by atoms with Gasteiger partial charge in [-0.1, -0.05) is 32.0 Å². The highest BCUT2D eigenvalue weighted by Gasteiger charge is 2.10. The van der Waals surface area contributed by atoms with Crippen LogP contribution in [0.3, 0.4) is 0 Å². The molecule has 32 heavy (non-hydrogen) atoms. The van der Waals surface area contributed by atoms with Crippen molar-refractivity contribution in [3.63, 3.8) is 0 Å². The average Bonchev–Trinajstić information content (AvgIpc) is 2.80. The summed E-state index contributed by atoms with van der Waals surface area (Å²) < 4.78 is 16.7. The SMILES string of the molecule is CCNC(=NCc1ccc(OCCO)c(OC)c1)NC(C)c1ccc(OCC(C)C)cc1. The van der Waals surface area contributed by atoms with Gasteiger partial charge in [0.05, 0.1) is 32.9 Å². The molecule has 0 spiro atoms. The maximum Gasteiger partial charge on any atom is 0.192 e. The second-order valence-corrected chi connectivity index (χ2v) is 7.89. The van der Waals surface area contributed by atoms with E-state index in [0.717, 1.165) is 29.4 Å². The Morgan fingerprint density at radius 3 is 2.41 bits per heavy atom. The molecule has 0 saturated heterocycles. The molecule has 176 valence electrons. The van der Waals surface area contributed by atoms with Crippen LogP contribution in [0.15, 0.2) is 47.5 Å². The van der Waals surface area contributed by atoms with E-state index in [2.05, 4.69) is 43.5 Å². The highest BCUT2D eigenvalue weighted by molar-refractivity contribution is 5.80. The van der Waals surface area contributed by atoms with E-state index in [0.29, 0.717) is 30.6 Å². The number of ether oxygens (including phenoxy) is 3. The van der Waals surface area contributed by atoms with Crippen LogP contribution in [0.1, 0.15) is 44.9 Å². The normalized spacial score (nSPS) is 12.4. The Morgan fingerprint density at radius 1 is 1.03 bits per heavy atom. The van der Waals surface area contributed by atoms with Crippen molar-refractivity contribution >= 4 is 5.96 Å². The lowest BCUT2D eigenvalue weighted by atomic mass is 10.1. The predicted octanol–water partition coefficient (Wildman–Crippen LogP) is 3.92. The molecule has 1 atom stereocenters. The van der Waals surface area contributed by atoms with Gasteiger partial charge in [-0.05, 0) is 55.2 Å². The highest BCUT2D eigenvalue weighted by Crippen LogP contribution is 2.28. The molecule has 0 bridgehead atoms. The lowest BCUT2D eigenvalue weighted by Gasteiger charge is -2.19. The van der Waals surface area contributed by atoms with Crippen LogP contribution in [0.2, 0.25) is 0 Å². The number of rotatable bonds is 12. The maximum absolute atomic E-state index is 8.95. The first-order chi connectivity index (χ1) is 15.5. The topological polar surface area (TPSA) is 84.3 Å². The Labute approximate surface area is 191 Å². The van der Waals surface area contributed by atoms with Gasteiger partial charge in [0.25, 0.3) is 0 Å². The van der Waals surface area contributed by atoms with Crippen molar-refractivity contribution in [3.8, 4) is 17.2 Å². The fourth-order valence-corrected chi connectivity index (χ4v) is 2.98. The molecule has 2 aromatic carbocycles. The molecule has 2 rings (SSSR count). The van der Waals surface area contributed by atoms with E-state index in [-0.39, 0.29) is 19.3 Å². The van der Waals surface area contributed by atoms with Crippen molar-refractivity contribution < 1.29 is 19.3 Å². The van der Waals surface area contributed by atoms with Crippen LogP contribution < -0.4 is 24.8 Å². The van der Waals surface area contributed by atoms with Crippen LogP contribution in [0.5, 0.6) is 17.2 Å². The van der Waals surface area contributed by atoms with E-state index in [9.17, 15) is 0 Å². The summed E-state index contributed by atoms with van der Waals surface area (Å²) in [5.41, 5.74) is 2.15. The number of aliphatic hydroxyl groups is 1. The van der Waals surface area contributed by atoms with Crippen LogP contribution in [0.25, 0.3) is 0 Å². The van der Waals surface area contributed by atoms with E-state index >= 15 is 0 Å². The highest BCUT2D eigenvalue weighted by atomic mass is 16.5. The van der Waals surface area contributed by atoms with Crippen molar-refractivity contribution in [3.05, 3.63) is 53.6 Å². The zero-order chi connectivity index (χ0) is 23.3. The van der Waals surface area contributed by atoms with Gasteiger partial charge in [0.15, 0.2) is 17.5 Å². The quantitative estimate of drug-likeness (QED) is 0.341. The molecule has 0 aliphatic carbocycles. The van der Waals surface area contributed by atoms with Gasteiger partial charge in [-0.2, -0.15) is 0 Å². The van der Waals surface area contributed by atoms with Crippen LogP contribution >= 0.6 is 0 Å². The van der Waals surface area contributed by atoms with E-state index in [1.54, 1.807) is 7.11 Å². The Morgan fingerprint density at radius 2 is 1.78 bits per heavy atom.